The zero-order chi connectivity index (χ0) is 21.4. The minimum Gasteiger partial charge on any atom is -0.311 e. The largest absolute Gasteiger partial charge is 0.311 e. The van der Waals surface area contributed by atoms with Crippen molar-refractivity contribution >= 4 is 44.9 Å². The molecule has 0 saturated carbocycles. The Hall–Kier alpha value is -2.90. The summed E-state index contributed by atoms with van der Waals surface area (Å²) >= 11 is 2.87. The predicted molar refractivity (Wildman–Crippen MR) is 128 cm³/mol. The Labute approximate surface area is 188 Å². The summed E-state index contributed by atoms with van der Waals surface area (Å²) in [6, 6.07) is 19.5. The lowest BCUT2D eigenvalue weighted by Crippen LogP contribution is -2.31. The first kappa shape index (κ1) is 20.0. The number of benzene rings is 2. The van der Waals surface area contributed by atoms with E-state index in [4.69, 9.17) is 4.98 Å². The van der Waals surface area contributed by atoms with E-state index in [1.54, 1.807) is 15.9 Å². The smallest absolute Gasteiger partial charge is 0.267 e. The number of nitrogens with zero attached hydrogens (tertiary/aromatic N) is 3. The van der Waals surface area contributed by atoms with Gasteiger partial charge in [0.2, 0.25) is 5.91 Å². The van der Waals surface area contributed by atoms with E-state index in [0.29, 0.717) is 17.1 Å². The number of rotatable bonds is 5. The molecule has 1 amide bonds. The molecular formula is C24H21N3O2S2. The summed E-state index contributed by atoms with van der Waals surface area (Å²) in [5.41, 5.74) is 2.86. The van der Waals surface area contributed by atoms with Crippen molar-refractivity contribution in [3.8, 4) is 5.69 Å². The molecule has 156 valence electrons. The highest BCUT2D eigenvalue weighted by Crippen LogP contribution is 2.30. The summed E-state index contributed by atoms with van der Waals surface area (Å²) in [7, 11) is 0. The first-order valence-corrected chi connectivity index (χ1v) is 12.1. The maximum Gasteiger partial charge on any atom is 0.267 e. The Morgan fingerprint density at radius 1 is 1.13 bits per heavy atom. The molecule has 5 rings (SSSR count). The van der Waals surface area contributed by atoms with Crippen molar-refractivity contribution < 1.29 is 4.79 Å². The molecule has 5 nitrogen and oxygen atoms in total. The van der Waals surface area contributed by atoms with Crippen LogP contribution in [0.2, 0.25) is 0 Å². The molecule has 2 aromatic heterocycles. The van der Waals surface area contributed by atoms with Crippen LogP contribution < -0.4 is 10.5 Å². The molecule has 0 radical (unpaired) electrons. The van der Waals surface area contributed by atoms with E-state index in [0.717, 1.165) is 33.9 Å². The summed E-state index contributed by atoms with van der Waals surface area (Å²) in [5.74, 6) is 0.259. The molecule has 2 aromatic carbocycles. The Balaban J connectivity index is 1.50. The molecule has 0 aliphatic carbocycles. The molecule has 0 N–H and O–H groups in total. The molecule has 0 atom stereocenters. The fourth-order valence-electron chi connectivity index (χ4n) is 3.89. The molecule has 4 aromatic rings. The lowest BCUT2D eigenvalue weighted by atomic mass is 10.2. The van der Waals surface area contributed by atoms with Crippen molar-refractivity contribution in [1.82, 2.24) is 9.55 Å². The molecule has 7 heteroatoms. The van der Waals surface area contributed by atoms with Crippen LogP contribution >= 0.6 is 23.1 Å². The molecule has 0 bridgehead atoms. The van der Waals surface area contributed by atoms with E-state index in [1.807, 2.05) is 59.5 Å². The second kappa shape index (κ2) is 8.32. The van der Waals surface area contributed by atoms with Gasteiger partial charge in [-0.3, -0.25) is 14.2 Å². The van der Waals surface area contributed by atoms with E-state index < -0.39 is 0 Å². The molecule has 0 unspecified atom stereocenters. The zero-order valence-corrected chi connectivity index (χ0v) is 18.7. The summed E-state index contributed by atoms with van der Waals surface area (Å²) in [6.07, 6.45) is 1.74. The lowest BCUT2D eigenvalue weighted by Gasteiger charge is -2.17. The number of hydrogen-bond donors (Lipinski definition) is 0. The fraction of sp³-hybridized carbons (Fsp3) is 0.208. The molecule has 0 spiro atoms. The van der Waals surface area contributed by atoms with Gasteiger partial charge in [0, 0.05) is 17.1 Å². The van der Waals surface area contributed by atoms with Crippen molar-refractivity contribution in [3.63, 3.8) is 0 Å². The number of carbonyl (C=O) groups is 1. The number of anilines is 1. The summed E-state index contributed by atoms with van der Waals surface area (Å²) < 4.78 is 1.63. The SMILES string of the molecule is CCc1cc2c(=O)n(-c3ccccc3)c(SCC(=O)N3CCc4ccccc43)nc2s1. The quantitative estimate of drug-likeness (QED) is 0.329. The van der Waals surface area contributed by atoms with Gasteiger partial charge in [0.25, 0.3) is 5.56 Å². The van der Waals surface area contributed by atoms with Crippen LogP contribution in [-0.4, -0.2) is 27.8 Å². The van der Waals surface area contributed by atoms with Crippen molar-refractivity contribution in [1.29, 1.82) is 0 Å². The normalized spacial score (nSPS) is 13.0. The van der Waals surface area contributed by atoms with E-state index >= 15 is 0 Å². The number of aromatic nitrogens is 2. The summed E-state index contributed by atoms with van der Waals surface area (Å²) in [4.78, 5) is 34.9. The van der Waals surface area contributed by atoms with Crippen molar-refractivity contribution in [3.05, 3.63) is 81.5 Å². The van der Waals surface area contributed by atoms with E-state index in [2.05, 4.69) is 13.0 Å². The molecule has 1 aliphatic rings. The Morgan fingerprint density at radius 2 is 1.90 bits per heavy atom. The van der Waals surface area contributed by atoms with E-state index in [1.165, 1.54) is 17.3 Å². The number of hydrogen-bond acceptors (Lipinski definition) is 5. The average molecular weight is 448 g/mol. The van der Waals surface area contributed by atoms with Crippen LogP contribution in [0.3, 0.4) is 0 Å². The van der Waals surface area contributed by atoms with E-state index in [9.17, 15) is 9.59 Å². The van der Waals surface area contributed by atoms with Gasteiger partial charge in [-0.05, 0) is 42.7 Å². The van der Waals surface area contributed by atoms with Crippen molar-refractivity contribution in [2.75, 3.05) is 17.2 Å². The number of thioether (sulfide) groups is 1. The van der Waals surface area contributed by atoms with Crippen molar-refractivity contribution in [2.45, 2.75) is 24.9 Å². The monoisotopic (exact) mass is 447 g/mol. The topological polar surface area (TPSA) is 55.2 Å². The maximum absolute atomic E-state index is 13.4. The van der Waals surface area contributed by atoms with Gasteiger partial charge >= 0.3 is 0 Å². The van der Waals surface area contributed by atoms with Gasteiger partial charge in [-0.2, -0.15) is 0 Å². The molecule has 0 saturated heterocycles. The van der Waals surface area contributed by atoms with Crippen LogP contribution in [0.5, 0.6) is 0 Å². The van der Waals surface area contributed by atoms with Crippen molar-refractivity contribution in [2.24, 2.45) is 0 Å². The molecule has 0 fully saturated rings. The minimum atomic E-state index is -0.0892. The zero-order valence-electron chi connectivity index (χ0n) is 17.1. The first-order chi connectivity index (χ1) is 15.2. The second-order valence-electron chi connectivity index (χ2n) is 7.37. The van der Waals surface area contributed by atoms with Gasteiger partial charge in [0.1, 0.15) is 4.83 Å². The minimum absolute atomic E-state index is 0.0318. The third-order valence-electron chi connectivity index (χ3n) is 5.46. The van der Waals surface area contributed by atoms with Crippen LogP contribution in [0, 0.1) is 0 Å². The Bertz CT molecular complexity index is 1330. The summed E-state index contributed by atoms with van der Waals surface area (Å²) in [6.45, 7) is 2.77. The number of para-hydroxylation sites is 2. The van der Waals surface area contributed by atoms with Gasteiger partial charge < -0.3 is 4.90 Å². The maximum atomic E-state index is 13.4. The van der Waals surface area contributed by atoms with Gasteiger partial charge in [-0.15, -0.1) is 11.3 Å². The predicted octanol–water partition coefficient (Wildman–Crippen LogP) is 4.69. The van der Waals surface area contributed by atoms with Crippen LogP contribution in [0.4, 0.5) is 5.69 Å². The summed E-state index contributed by atoms with van der Waals surface area (Å²) in [5, 5.41) is 1.18. The number of thiophene rings is 1. The van der Waals surface area contributed by atoms with Gasteiger partial charge in [-0.25, -0.2) is 4.98 Å². The third-order valence-corrected chi connectivity index (χ3v) is 7.56. The van der Waals surface area contributed by atoms with Crippen LogP contribution in [0.1, 0.15) is 17.4 Å². The number of amides is 1. The van der Waals surface area contributed by atoms with Gasteiger partial charge in [0.15, 0.2) is 5.16 Å². The standard InChI is InChI=1S/C24H21N3O2S2/c1-2-18-14-19-22(31-18)25-24(27(23(19)29)17-9-4-3-5-10-17)30-15-21(28)26-13-12-16-8-6-7-11-20(16)26/h3-11,14H,2,12-13,15H2,1H3. The number of aryl methyl sites for hydroxylation is 1. The number of fused-ring (bicyclic) bond motifs is 2. The van der Waals surface area contributed by atoms with Crippen LogP contribution in [0.25, 0.3) is 15.9 Å². The average Bonchev–Trinajstić information content (AvgIpc) is 3.42. The molecular weight excluding hydrogens is 426 g/mol. The first-order valence-electron chi connectivity index (χ1n) is 10.3. The van der Waals surface area contributed by atoms with Gasteiger partial charge in [0.05, 0.1) is 16.8 Å². The van der Waals surface area contributed by atoms with Crippen LogP contribution in [-0.2, 0) is 17.6 Å². The molecule has 1 aliphatic heterocycles. The Kier molecular flexibility index (Phi) is 5.38. The second-order valence-corrected chi connectivity index (χ2v) is 9.43. The highest BCUT2D eigenvalue weighted by atomic mass is 32.2. The third kappa shape index (κ3) is 3.68. The fourth-order valence-corrected chi connectivity index (χ4v) is 5.79. The highest BCUT2D eigenvalue weighted by molar-refractivity contribution is 7.99. The Morgan fingerprint density at radius 3 is 2.71 bits per heavy atom. The molecule has 31 heavy (non-hydrogen) atoms. The van der Waals surface area contributed by atoms with Crippen LogP contribution in [0.15, 0.2) is 70.6 Å². The lowest BCUT2D eigenvalue weighted by molar-refractivity contribution is -0.116. The highest BCUT2D eigenvalue weighted by Gasteiger charge is 2.25. The molecule has 3 heterocycles. The van der Waals surface area contributed by atoms with Gasteiger partial charge in [-0.1, -0.05) is 55.1 Å². The van der Waals surface area contributed by atoms with E-state index in [-0.39, 0.29) is 17.2 Å². The number of carbonyl (C=O) groups excluding carboxylic acids is 1.